The summed E-state index contributed by atoms with van der Waals surface area (Å²) in [6, 6.07) is 26.6. The van der Waals surface area contributed by atoms with Gasteiger partial charge in [0.1, 0.15) is 5.75 Å². The molecule has 4 fully saturated rings. The first-order valence-corrected chi connectivity index (χ1v) is 21.0. The molecular formula is C46H70N6O2. The lowest BCUT2D eigenvalue weighted by atomic mass is 9.84. The summed E-state index contributed by atoms with van der Waals surface area (Å²) in [5.74, 6) is 0.924. The van der Waals surface area contributed by atoms with Crippen LogP contribution in [0.1, 0.15) is 67.2 Å². The molecule has 5 heterocycles. The van der Waals surface area contributed by atoms with Crippen LogP contribution in [0.5, 0.6) is 5.75 Å². The number of rotatable bonds is 3. The van der Waals surface area contributed by atoms with Gasteiger partial charge in [0.15, 0.2) is 0 Å². The lowest BCUT2D eigenvalue weighted by molar-refractivity contribution is -0.0755. The average Bonchev–Trinajstić information content (AvgIpc) is 3.58. The topological polar surface area (TPSA) is 37.9 Å². The zero-order chi connectivity index (χ0) is 37.8. The average molecular weight is 739 g/mol. The van der Waals surface area contributed by atoms with E-state index in [-0.39, 0.29) is 5.60 Å². The van der Waals surface area contributed by atoms with E-state index in [9.17, 15) is 0 Å². The quantitative estimate of drug-likeness (QED) is 0.290. The summed E-state index contributed by atoms with van der Waals surface area (Å²) in [7, 11) is 10.5. The van der Waals surface area contributed by atoms with E-state index in [4.69, 9.17) is 9.47 Å². The molecule has 3 aromatic rings. The molecule has 1 aliphatic carbocycles. The Hall–Kier alpha value is -2.98. The number of anilines is 1. The SMILES string of the molecule is CN1CCC2(CC1)OCc1ccccc12.CN1CCN(C2CCCCC2)CC1.CN1CCc2ccccc2C1.COc1ccc(N2CCN(C)CC2)cc1. The second-order valence-corrected chi connectivity index (χ2v) is 16.6. The number of benzene rings is 3. The lowest BCUT2D eigenvalue weighted by Gasteiger charge is -2.39. The Bertz CT molecular complexity index is 1520. The van der Waals surface area contributed by atoms with E-state index >= 15 is 0 Å². The van der Waals surface area contributed by atoms with Crippen LogP contribution in [-0.2, 0) is 29.9 Å². The van der Waals surface area contributed by atoms with Gasteiger partial charge in [-0.3, -0.25) is 4.90 Å². The van der Waals surface area contributed by atoms with Gasteiger partial charge in [-0.1, -0.05) is 67.8 Å². The number of fused-ring (bicyclic) bond motifs is 3. The zero-order valence-electron chi connectivity index (χ0n) is 34.4. The van der Waals surface area contributed by atoms with Gasteiger partial charge in [0, 0.05) is 90.3 Å². The van der Waals surface area contributed by atoms with Crippen LogP contribution in [0.2, 0.25) is 0 Å². The van der Waals surface area contributed by atoms with Gasteiger partial charge in [-0.2, -0.15) is 0 Å². The summed E-state index contributed by atoms with van der Waals surface area (Å²) in [6.45, 7) is 15.1. The Labute approximate surface area is 328 Å². The van der Waals surface area contributed by atoms with Gasteiger partial charge in [0.2, 0.25) is 0 Å². The van der Waals surface area contributed by atoms with Crippen molar-refractivity contribution in [2.75, 3.05) is 112 Å². The van der Waals surface area contributed by atoms with Crippen LogP contribution in [0.15, 0.2) is 72.8 Å². The molecule has 6 aliphatic rings. The molecule has 0 radical (unpaired) electrons. The van der Waals surface area contributed by atoms with Gasteiger partial charge in [-0.25, -0.2) is 0 Å². The normalized spacial score (nSPS) is 22.4. The first-order chi connectivity index (χ1) is 26.3. The number of piperazine rings is 2. The van der Waals surface area contributed by atoms with Crippen LogP contribution in [-0.4, -0.2) is 138 Å². The van der Waals surface area contributed by atoms with Crippen molar-refractivity contribution in [2.24, 2.45) is 0 Å². The number of hydrogen-bond acceptors (Lipinski definition) is 8. The summed E-state index contributed by atoms with van der Waals surface area (Å²) in [5, 5.41) is 0. The van der Waals surface area contributed by atoms with Gasteiger partial charge < -0.3 is 34.0 Å². The van der Waals surface area contributed by atoms with Crippen molar-refractivity contribution in [3.63, 3.8) is 0 Å². The van der Waals surface area contributed by atoms with Crippen LogP contribution in [0.25, 0.3) is 0 Å². The molecule has 8 heteroatoms. The summed E-state index contributed by atoms with van der Waals surface area (Å²) in [4.78, 5) is 14.7. The Morgan fingerprint density at radius 1 is 0.574 bits per heavy atom. The molecule has 0 aromatic heterocycles. The Balaban J connectivity index is 0.000000124. The van der Waals surface area contributed by atoms with Crippen molar-refractivity contribution in [2.45, 2.75) is 76.2 Å². The fourth-order valence-electron chi connectivity index (χ4n) is 8.91. The first-order valence-electron chi connectivity index (χ1n) is 21.0. The summed E-state index contributed by atoms with van der Waals surface area (Å²) in [6.07, 6.45) is 10.8. The van der Waals surface area contributed by atoms with Crippen molar-refractivity contribution in [3.05, 3.63) is 95.1 Å². The van der Waals surface area contributed by atoms with Gasteiger partial charge in [0.25, 0.3) is 0 Å². The van der Waals surface area contributed by atoms with Crippen LogP contribution in [0.3, 0.4) is 0 Å². The Kier molecular flexibility index (Phi) is 15.3. The number of likely N-dealkylation sites (N-methyl/N-ethyl adjacent to an activating group) is 3. The monoisotopic (exact) mass is 739 g/mol. The van der Waals surface area contributed by atoms with Crippen LogP contribution in [0, 0.1) is 0 Å². The lowest BCUT2D eigenvalue weighted by Crippen LogP contribution is -2.49. The van der Waals surface area contributed by atoms with E-state index in [1.54, 1.807) is 7.11 Å². The van der Waals surface area contributed by atoms with Crippen molar-refractivity contribution in [1.82, 2.24) is 24.5 Å². The minimum absolute atomic E-state index is 0.0447. The van der Waals surface area contributed by atoms with E-state index in [1.165, 1.54) is 99.2 Å². The highest BCUT2D eigenvalue weighted by Crippen LogP contribution is 2.43. The van der Waals surface area contributed by atoms with Crippen LogP contribution < -0.4 is 9.64 Å². The molecule has 8 nitrogen and oxygen atoms in total. The van der Waals surface area contributed by atoms with Gasteiger partial charge >= 0.3 is 0 Å². The molecule has 9 rings (SSSR count). The maximum absolute atomic E-state index is 6.07. The standard InChI is InChI=1S/C13H17NO.C12H18N2O.C11H22N2.C10H13N/c1-14-8-6-13(7-9-14)12-5-3-2-4-11(12)10-15-13;1-13-7-9-14(10-8-13)11-3-5-12(15-2)6-4-11;1-12-7-9-13(10-8-12)11-5-3-2-4-6-11;1-11-7-6-9-4-2-3-5-10(9)8-11/h2-5H,6-10H2,1H3;3-6H,7-10H2,1-2H3;11H,2-10H2,1H3;2-5H,6-8H2,1H3. The molecule has 1 spiro atoms. The van der Waals surface area contributed by atoms with E-state index in [1.807, 2.05) is 12.1 Å². The van der Waals surface area contributed by atoms with Crippen LogP contribution >= 0.6 is 0 Å². The minimum Gasteiger partial charge on any atom is -0.497 e. The van der Waals surface area contributed by atoms with Gasteiger partial charge in [-0.05, 0) is 107 Å². The third-order valence-corrected chi connectivity index (χ3v) is 12.7. The molecule has 0 atom stereocenters. The molecule has 0 N–H and O–H groups in total. The molecular weight excluding hydrogens is 669 g/mol. The number of methoxy groups -OCH3 is 1. The molecule has 1 saturated carbocycles. The molecule has 296 valence electrons. The predicted octanol–water partition coefficient (Wildman–Crippen LogP) is 6.83. The van der Waals surface area contributed by atoms with Crippen molar-refractivity contribution < 1.29 is 9.47 Å². The number of nitrogens with zero attached hydrogens (tertiary/aromatic N) is 6. The van der Waals surface area contributed by atoms with E-state index < -0.39 is 0 Å². The largest absolute Gasteiger partial charge is 0.497 e. The zero-order valence-corrected chi connectivity index (χ0v) is 34.4. The molecule has 3 saturated heterocycles. The fraction of sp³-hybridized carbons (Fsp3) is 0.609. The minimum atomic E-state index is 0.0447. The van der Waals surface area contributed by atoms with Crippen molar-refractivity contribution in [3.8, 4) is 5.75 Å². The summed E-state index contributed by atoms with van der Waals surface area (Å²) >= 11 is 0. The van der Waals surface area contributed by atoms with E-state index in [0.717, 1.165) is 77.1 Å². The maximum atomic E-state index is 6.07. The van der Waals surface area contributed by atoms with Crippen molar-refractivity contribution >= 4 is 5.69 Å². The third kappa shape index (κ3) is 11.3. The highest BCUT2D eigenvalue weighted by atomic mass is 16.5. The van der Waals surface area contributed by atoms with Crippen molar-refractivity contribution in [1.29, 1.82) is 0 Å². The summed E-state index contributed by atoms with van der Waals surface area (Å²) in [5.41, 5.74) is 7.21. The maximum Gasteiger partial charge on any atom is 0.119 e. The van der Waals surface area contributed by atoms with Gasteiger partial charge in [-0.15, -0.1) is 0 Å². The number of likely N-dealkylation sites (tertiary alicyclic amines) is 1. The number of piperidine rings is 1. The molecule has 0 bridgehead atoms. The second kappa shape index (κ2) is 20.3. The van der Waals surface area contributed by atoms with E-state index in [0.29, 0.717) is 0 Å². The molecule has 54 heavy (non-hydrogen) atoms. The highest BCUT2D eigenvalue weighted by molar-refractivity contribution is 5.49. The number of ether oxygens (including phenoxy) is 2. The molecule has 3 aromatic carbocycles. The molecule has 0 amide bonds. The smallest absolute Gasteiger partial charge is 0.119 e. The predicted molar refractivity (Wildman–Crippen MR) is 225 cm³/mol. The molecule has 5 aliphatic heterocycles. The number of hydrogen-bond donors (Lipinski definition) is 0. The fourth-order valence-corrected chi connectivity index (χ4v) is 8.91. The second-order valence-electron chi connectivity index (χ2n) is 16.6. The Morgan fingerprint density at radius 2 is 1.15 bits per heavy atom. The summed E-state index contributed by atoms with van der Waals surface area (Å²) < 4.78 is 11.2. The van der Waals surface area contributed by atoms with Gasteiger partial charge in [0.05, 0.1) is 19.3 Å². The highest BCUT2D eigenvalue weighted by Gasteiger charge is 2.41. The third-order valence-electron chi connectivity index (χ3n) is 12.7. The first kappa shape index (κ1) is 40.7. The van der Waals surface area contributed by atoms with Crippen LogP contribution in [0.4, 0.5) is 5.69 Å². The Morgan fingerprint density at radius 3 is 1.80 bits per heavy atom. The molecule has 0 unspecified atom stereocenters. The van der Waals surface area contributed by atoms with E-state index in [2.05, 4.69) is 118 Å².